The van der Waals surface area contributed by atoms with Crippen LogP contribution in [0.4, 0.5) is 28.8 Å². The summed E-state index contributed by atoms with van der Waals surface area (Å²) in [5.41, 5.74) is 2.09. The first-order valence-electron chi connectivity index (χ1n) is 7.70. The zero-order valence-electron chi connectivity index (χ0n) is 13.8. The number of nitrogens with zero attached hydrogens (tertiary/aromatic N) is 2. The average Bonchev–Trinajstić information content (AvgIpc) is 2.59. The van der Waals surface area contributed by atoms with E-state index in [-0.39, 0.29) is 5.91 Å². The number of halogens is 2. The first-order valence-corrected chi connectivity index (χ1v) is 8.45. The Hall–Kier alpha value is -2.83. The summed E-state index contributed by atoms with van der Waals surface area (Å²) < 4.78 is 0. The smallest absolute Gasteiger partial charge is 0.229 e. The summed E-state index contributed by atoms with van der Waals surface area (Å²) in [6.45, 7) is 1.46. The molecule has 0 fully saturated rings. The number of nitrogens with one attached hydrogen (secondary N) is 3. The van der Waals surface area contributed by atoms with E-state index in [1.165, 1.54) is 6.92 Å². The Kier molecular flexibility index (Phi) is 5.55. The normalized spacial score (nSPS) is 10.3. The molecule has 3 aromatic rings. The Labute approximate surface area is 160 Å². The molecule has 3 rings (SSSR count). The van der Waals surface area contributed by atoms with E-state index in [0.29, 0.717) is 33.2 Å². The highest BCUT2D eigenvalue weighted by Gasteiger charge is 2.07. The summed E-state index contributed by atoms with van der Waals surface area (Å²) in [4.78, 5) is 19.8. The van der Waals surface area contributed by atoms with Crippen LogP contribution in [0.3, 0.4) is 0 Å². The molecule has 132 valence electrons. The zero-order chi connectivity index (χ0) is 18.5. The number of aromatic nitrogens is 2. The third-order valence-electron chi connectivity index (χ3n) is 3.31. The van der Waals surface area contributed by atoms with Gasteiger partial charge in [-0.05, 0) is 36.4 Å². The Bertz CT molecular complexity index is 948. The summed E-state index contributed by atoms with van der Waals surface area (Å²) >= 11 is 12.2. The third-order valence-corrected chi connectivity index (χ3v) is 4.13. The van der Waals surface area contributed by atoms with Gasteiger partial charge in [-0.1, -0.05) is 35.3 Å². The van der Waals surface area contributed by atoms with Crippen molar-refractivity contribution in [3.8, 4) is 0 Å². The predicted molar refractivity (Wildman–Crippen MR) is 106 cm³/mol. The molecule has 1 aromatic heterocycles. The molecule has 0 aliphatic carbocycles. The second kappa shape index (κ2) is 8.03. The van der Waals surface area contributed by atoms with Crippen molar-refractivity contribution in [1.82, 2.24) is 9.97 Å². The fraction of sp³-hybridized carbons (Fsp3) is 0.0556. The Morgan fingerprint density at radius 3 is 2.58 bits per heavy atom. The van der Waals surface area contributed by atoms with Gasteiger partial charge < -0.3 is 16.0 Å². The number of carbonyl (C=O) groups is 1. The molecule has 0 bridgehead atoms. The fourth-order valence-corrected chi connectivity index (χ4v) is 2.58. The van der Waals surface area contributed by atoms with Crippen LogP contribution in [0.2, 0.25) is 10.0 Å². The molecule has 0 radical (unpaired) electrons. The Morgan fingerprint density at radius 1 is 1.00 bits per heavy atom. The van der Waals surface area contributed by atoms with Gasteiger partial charge in [0.15, 0.2) is 0 Å². The minimum absolute atomic E-state index is 0.130. The van der Waals surface area contributed by atoms with Crippen LogP contribution in [0.15, 0.2) is 54.7 Å². The molecule has 3 N–H and O–H groups in total. The number of anilines is 5. The molecule has 0 aliphatic heterocycles. The summed E-state index contributed by atoms with van der Waals surface area (Å²) in [6, 6.07) is 14.3. The van der Waals surface area contributed by atoms with Crippen LogP contribution in [-0.4, -0.2) is 15.9 Å². The molecule has 0 spiro atoms. The lowest BCUT2D eigenvalue weighted by Crippen LogP contribution is -2.06. The van der Waals surface area contributed by atoms with Gasteiger partial charge in [-0.2, -0.15) is 4.98 Å². The van der Waals surface area contributed by atoms with Gasteiger partial charge in [-0.3, -0.25) is 4.79 Å². The highest BCUT2D eigenvalue weighted by molar-refractivity contribution is 6.43. The Balaban J connectivity index is 1.77. The summed E-state index contributed by atoms with van der Waals surface area (Å²) in [7, 11) is 0. The van der Waals surface area contributed by atoms with Crippen LogP contribution < -0.4 is 16.0 Å². The molecule has 8 heteroatoms. The van der Waals surface area contributed by atoms with Crippen molar-refractivity contribution in [3.63, 3.8) is 0 Å². The number of hydrogen-bond acceptors (Lipinski definition) is 5. The van der Waals surface area contributed by atoms with Crippen molar-refractivity contribution in [2.24, 2.45) is 0 Å². The lowest BCUT2D eigenvalue weighted by Gasteiger charge is -2.11. The molecule has 0 saturated carbocycles. The maximum Gasteiger partial charge on any atom is 0.229 e. The van der Waals surface area contributed by atoms with Crippen molar-refractivity contribution in [2.75, 3.05) is 16.0 Å². The van der Waals surface area contributed by atoms with Crippen molar-refractivity contribution >= 4 is 57.9 Å². The van der Waals surface area contributed by atoms with E-state index in [4.69, 9.17) is 23.2 Å². The van der Waals surface area contributed by atoms with E-state index in [0.717, 1.165) is 5.69 Å². The molecule has 0 saturated heterocycles. The highest BCUT2D eigenvalue weighted by Crippen LogP contribution is 2.31. The van der Waals surface area contributed by atoms with Gasteiger partial charge >= 0.3 is 0 Å². The maximum atomic E-state index is 11.2. The van der Waals surface area contributed by atoms with Gasteiger partial charge in [0.05, 0.1) is 15.7 Å². The molecule has 6 nitrogen and oxygen atoms in total. The Morgan fingerprint density at radius 2 is 1.77 bits per heavy atom. The van der Waals surface area contributed by atoms with Crippen LogP contribution >= 0.6 is 23.2 Å². The largest absolute Gasteiger partial charge is 0.340 e. The van der Waals surface area contributed by atoms with Crippen molar-refractivity contribution in [1.29, 1.82) is 0 Å². The number of hydrogen-bond donors (Lipinski definition) is 3. The van der Waals surface area contributed by atoms with Crippen LogP contribution in [0, 0.1) is 0 Å². The first kappa shape index (κ1) is 18.0. The minimum atomic E-state index is -0.130. The number of rotatable bonds is 5. The summed E-state index contributed by atoms with van der Waals surface area (Å²) in [5, 5.41) is 9.79. The van der Waals surface area contributed by atoms with Gasteiger partial charge in [0.1, 0.15) is 5.82 Å². The maximum absolute atomic E-state index is 11.2. The van der Waals surface area contributed by atoms with Crippen LogP contribution in [0.25, 0.3) is 0 Å². The van der Waals surface area contributed by atoms with E-state index in [2.05, 4.69) is 25.9 Å². The monoisotopic (exact) mass is 387 g/mol. The van der Waals surface area contributed by atoms with Crippen molar-refractivity contribution < 1.29 is 4.79 Å². The second-order valence-corrected chi connectivity index (χ2v) is 6.16. The van der Waals surface area contributed by atoms with Crippen LogP contribution in [0.1, 0.15) is 6.92 Å². The molecule has 1 amide bonds. The van der Waals surface area contributed by atoms with Crippen molar-refractivity contribution in [2.45, 2.75) is 6.92 Å². The van der Waals surface area contributed by atoms with Gasteiger partial charge in [0.25, 0.3) is 0 Å². The second-order valence-electron chi connectivity index (χ2n) is 5.38. The van der Waals surface area contributed by atoms with E-state index in [1.807, 2.05) is 18.2 Å². The molecule has 2 aromatic carbocycles. The lowest BCUT2D eigenvalue weighted by atomic mass is 10.2. The van der Waals surface area contributed by atoms with Crippen LogP contribution in [0.5, 0.6) is 0 Å². The molecular weight excluding hydrogens is 373 g/mol. The summed E-state index contributed by atoms with van der Waals surface area (Å²) in [5.74, 6) is 0.826. The van der Waals surface area contributed by atoms with Gasteiger partial charge in [0.2, 0.25) is 11.9 Å². The first-order chi connectivity index (χ1) is 12.5. The van der Waals surface area contributed by atoms with Gasteiger partial charge in [0, 0.05) is 24.5 Å². The number of amides is 1. The molecule has 0 atom stereocenters. The third kappa shape index (κ3) is 4.62. The van der Waals surface area contributed by atoms with E-state index >= 15 is 0 Å². The summed E-state index contributed by atoms with van der Waals surface area (Å²) in [6.07, 6.45) is 1.62. The van der Waals surface area contributed by atoms with E-state index in [1.54, 1.807) is 36.5 Å². The lowest BCUT2D eigenvalue weighted by molar-refractivity contribution is -0.114. The zero-order valence-corrected chi connectivity index (χ0v) is 15.3. The quantitative estimate of drug-likeness (QED) is 0.558. The molecular formula is C18H15Cl2N5O. The average molecular weight is 388 g/mol. The van der Waals surface area contributed by atoms with Gasteiger partial charge in [-0.15, -0.1) is 0 Å². The molecule has 0 aliphatic rings. The fourth-order valence-electron chi connectivity index (χ4n) is 2.24. The highest BCUT2D eigenvalue weighted by atomic mass is 35.5. The molecule has 26 heavy (non-hydrogen) atoms. The molecule has 1 heterocycles. The van der Waals surface area contributed by atoms with Crippen LogP contribution in [-0.2, 0) is 4.79 Å². The minimum Gasteiger partial charge on any atom is -0.340 e. The number of carbonyl (C=O) groups excluding carboxylic acids is 1. The van der Waals surface area contributed by atoms with Crippen molar-refractivity contribution in [3.05, 3.63) is 64.8 Å². The topological polar surface area (TPSA) is 78.9 Å². The molecule has 0 unspecified atom stereocenters. The SMILES string of the molecule is CC(=O)Nc1cccc(Nc2ccnc(Nc3cccc(Cl)c3Cl)n2)c1. The van der Waals surface area contributed by atoms with Gasteiger partial charge in [-0.25, -0.2) is 4.98 Å². The van der Waals surface area contributed by atoms with E-state index in [9.17, 15) is 4.79 Å². The number of benzene rings is 2. The van der Waals surface area contributed by atoms with E-state index < -0.39 is 0 Å². The standard InChI is InChI=1S/C18H15Cl2N5O/c1-11(26)22-12-4-2-5-13(10-12)23-16-8-9-21-18(25-16)24-15-7-3-6-14(19)17(15)20/h2-10H,1H3,(H,22,26)(H2,21,23,24,25). The predicted octanol–water partition coefficient (Wildman–Crippen LogP) is 5.23.